The molecule has 1 unspecified atom stereocenters. The van der Waals surface area contributed by atoms with Gasteiger partial charge in [-0.05, 0) is 57.5 Å². The molecule has 0 radical (unpaired) electrons. The number of hydrogen-bond donors (Lipinski definition) is 1. The Morgan fingerprint density at radius 2 is 1.57 bits per heavy atom. The molecule has 2 heteroatoms. The summed E-state index contributed by atoms with van der Waals surface area (Å²) in [6.07, 6.45) is 7.82. The second-order valence-electron chi connectivity index (χ2n) is 7.00. The topological polar surface area (TPSA) is 23.5 Å². The minimum absolute atomic E-state index is 0.0504. The van der Waals surface area contributed by atoms with Gasteiger partial charge < -0.3 is 10.0 Å². The fraction of sp³-hybridized carbons (Fsp3) is 0.684. The van der Waals surface area contributed by atoms with Crippen molar-refractivity contribution in [2.45, 2.75) is 70.4 Å². The van der Waals surface area contributed by atoms with Crippen LogP contribution < -0.4 is 0 Å². The molecule has 1 aromatic carbocycles. The Kier molecular flexibility index (Phi) is 5.45. The van der Waals surface area contributed by atoms with Gasteiger partial charge >= 0.3 is 0 Å². The summed E-state index contributed by atoms with van der Waals surface area (Å²) in [5.74, 6) is 0. The lowest BCUT2D eigenvalue weighted by atomic mass is 9.79. The van der Waals surface area contributed by atoms with Gasteiger partial charge in [-0.3, -0.25) is 0 Å². The number of hydrogen-bond acceptors (Lipinski definition) is 2. The van der Waals surface area contributed by atoms with Crippen LogP contribution in [0.3, 0.4) is 0 Å². The highest BCUT2D eigenvalue weighted by Crippen LogP contribution is 2.35. The molecule has 1 aliphatic carbocycles. The van der Waals surface area contributed by atoms with Crippen molar-refractivity contribution in [3.63, 3.8) is 0 Å². The molecule has 2 rings (SSSR count). The molecule has 0 bridgehead atoms. The van der Waals surface area contributed by atoms with Gasteiger partial charge in [0, 0.05) is 12.0 Å². The zero-order valence-electron chi connectivity index (χ0n) is 14.2. The zero-order chi connectivity index (χ0) is 15.5. The summed E-state index contributed by atoms with van der Waals surface area (Å²) in [4.78, 5) is 2.29. The summed E-state index contributed by atoms with van der Waals surface area (Å²) in [5.41, 5.74) is 3.88. The van der Waals surface area contributed by atoms with E-state index in [0.29, 0.717) is 0 Å². The highest BCUT2D eigenvalue weighted by atomic mass is 16.3. The number of benzene rings is 1. The van der Waals surface area contributed by atoms with E-state index >= 15 is 0 Å². The summed E-state index contributed by atoms with van der Waals surface area (Å²) in [5, 5.41) is 11.1. The van der Waals surface area contributed by atoms with Crippen molar-refractivity contribution in [1.82, 2.24) is 4.90 Å². The van der Waals surface area contributed by atoms with Crippen LogP contribution in [0.1, 0.15) is 55.2 Å². The van der Waals surface area contributed by atoms with E-state index in [-0.39, 0.29) is 11.6 Å². The van der Waals surface area contributed by atoms with Crippen molar-refractivity contribution in [2.24, 2.45) is 0 Å². The summed E-state index contributed by atoms with van der Waals surface area (Å²) in [7, 11) is 4.28. The molecule has 0 saturated heterocycles. The van der Waals surface area contributed by atoms with E-state index in [1.54, 1.807) is 0 Å². The third-order valence-electron chi connectivity index (χ3n) is 5.52. The minimum atomic E-state index is -0.287. The molecule has 1 aliphatic rings. The highest BCUT2D eigenvalue weighted by Gasteiger charge is 2.40. The minimum Gasteiger partial charge on any atom is -0.391 e. The standard InChI is InChI=1S/C19H31NO/c1-15-10-9-11-16(2)17(15)14-18(21)19(20(3)4)12-7-5-6-8-13-19/h9-11,18,21H,5-8,12-14H2,1-4H3. The predicted octanol–water partition coefficient (Wildman–Crippen LogP) is 3.86. The SMILES string of the molecule is Cc1cccc(C)c1CC(O)C1(N(C)C)CCCCCC1. The molecule has 118 valence electrons. The Hall–Kier alpha value is -0.860. The molecule has 0 heterocycles. The van der Waals surface area contributed by atoms with E-state index in [0.717, 1.165) is 19.3 Å². The first-order valence-corrected chi connectivity index (χ1v) is 8.38. The van der Waals surface area contributed by atoms with Crippen molar-refractivity contribution in [3.05, 3.63) is 34.9 Å². The lowest BCUT2D eigenvalue weighted by Crippen LogP contribution is -2.54. The smallest absolute Gasteiger partial charge is 0.0764 e. The van der Waals surface area contributed by atoms with Crippen LogP contribution in [-0.4, -0.2) is 35.7 Å². The third kappa shape index (κ3) is 3.49. The quantitative estimate of drug-likeness (QED) is 0.851. The molecule has 2 nitrogen and oxygen atoms in total. The lowest BCUT2D eigenvalue weighted by Gasteiger charge is -2.44. The largest absolute Gasteiger partial charge is 0.391 e. The van der Waals surface area contributed by atoms with E-state index in [1.165, 1.54) is 42.4 Å². The molecular formula is C19H31NO. The molecule has 1 fully saturated rings. The van der Waals surface area contributed by atoms with Gasteiger partial charge in [0.1, 0.15) is 0 Å². The van der Waals surface area contributed by atoms with E-state index < -0.39 is 0 Å². The van der Waals surface area contributed by atoms with Gasteiger partial charge in [-0.15, -0.1) is 0 Å². The average molecular weight is 289 g/mol. The fourth-order valence-electron chi connectivity index (χ4n) is 3.97. The van der Waals surface area contributed by atoms with Gasteiger partial charge in [0.15, 0.2) is 0 Å². The molecular weight excluding hydrogens is 258 g/mol. The Balaban J connectivity index is 2.24. The van der Waals surface area contributed by atoms with Gasteiger partial charge in [-0.1, -0.05) is 43.9 Å². The average Bonchev–Trinajstić information content (AvgIpc) is 2.69. The van der Waals surface area contributed by atoms with Crippen LogP contribution in [0.15, 0.2) is 18.2 Å². The van der Waals surface area contributed by atoms with Crippen molar-refractivity contribution in [3.8, 4) is 0 Å². The summed E-state index contributed by atoms with van der Waals surface area (Å²) in [6, 6.07) is 6.42. The normalized spacial score (nSPS) is 20.3. The van der Waals surface area contributed by atoms with Crippen LogP contribution in [0.4, 0.5) is 0 Å². The first kappa shape index (κ1) is 16.5. The third-order valence-corrected chi connectivity index (χ3v) is 5.52. The Morgan fingerprint density at radius 3 is 2.05 bits per heavy atom. The van der Waals surface area contributed by atoms with Gasteiger partial charge in [-0.2, -0.15) is 0 Å². The Labute approximate surface area is 130 Å². The Bertz CT molecular complexity index is 438. The lowest BCUT2D eigenvalue weighted by molar-refractivity contribution is -0.0175. The van der Waals surface area contributed by atoms with E-state index in [9.17, 15) is 5.11 Å². The monoisotopic (exact) mass is 289 g/mol. The van der Waals surface area contributed by atoms with Crippen molar-refractivity contribution in [2.75, 3.05) is 14.1 Å². The van der Waals surface area contributed by atoms with Crippen LogP contribution >= 0.6 is 0 Å². The molecule has 1 aromatic rings. The van der Waals surface area contributed by atoms with E-state index in [1.807, 2.05) is 0 Å². The summed E-state index contributed by atoms with van der Waals surface area (Å²) >= 11 is 0. The highest BCUT2D eigenvalue weighted by molar-refractivity contribution is 5.34. The maximum atomic E-state index is 11.1. The van der Waals surface area contributed by atoms with Crippen LogP contribution in [0, 0.1) is 13.8 Å². The molecule has 21 heavy (non-hydrogen) atoms. The Morgan fingerprint density at radius 1 is 1.05 bits per heavy atom. The molecule has 1 N–H and O–H groups in total. The van der Waals surface area contributed by atoms with Crippen molar-refractivity contribution in [1.29, 1.82) is 0 Å². The maximum absolute atomic E-state index is 11.1. The van der Waals surface area contributed by atoms with Crippen LogP contribution in [0.2, 0.25) is 0 Å². The predicted molar refractivity (Wildman–Crippen MR) is 89.7 cm³/mol. The fourth-order valence-corrected chi connectivity index (χ4v) is 3.97. The molecule has 1 atom stereocenters. The van der Waals surface area contributed by atoms with Gasteiger partial charge in [0.05, 0.1) is 6.10 Å². The summed E-state index contributed by atoms with van der Waals surface area (Å²) < 4.78 is 0. The van der Waals surface area contributed by atoms with E-state index in [2.05, 4.69) is 51.0 Å². The van der Waals surface area contributed by atoms with Gasteiger partial charge in [-0.25, -0.2) is 0 Å². The first-order chi connectivity index (χ1) is 9.97. The first-order valence-electron chi connectivity index (χ1n) is 8.38. The second-order valence-corrected chi connectivity index (χ2v) is 7.00. The number of aliphatic hydroxyl groups excluding tert-OH is 1. The molecule has 1 saturated carbocycles. The maximum Gasteiger partial charge on any atom is 0.0764 e. The van der Waals surface area contributed by atoms with Crippen molar-refractivity contribution >= 4 is 0 Å². The zero-order valence-corrected chi connectivity index (χ0v) is 14.2. The number of aryl methyl sites for hydroxylation is 2. The number of rotatable bonds is 4. The number of aliphatic hydroxyl groups is 1. The van der Waals surface area contributed by atoms with Crippen LogP contribution in [0.25, 0.3) is 0 Å². The number of nitrogens with zero attached hydrogens (tertiary/aromatic N) is 1. The molecule has 0 aliphatic heterocycles. The van der Waals surface area contributed by atoms with Crippen LogP contribution in [0.5, 0.6) is 0 Å². The van der Waals surface area contributed by atoms with Crippen LogP contribution in [-0.2, 0) is 6.42 Å². The molecule has 0 amide bonds. The van der Waals surface area contributed by atoms with E-state index in [4.69, 9.17) is 0 Å². The van der Waals surface area contributed by atoms with Crippen molar-refractivity contribution < 1.29 is 5.11 Å². The second kappa shape index (κ2) is 6.93. The molecule has 0 spiro atoms. The summed E-state index contributed by atoms with van der Waals surface area (Å²) in [6.45, 7) is 4.31. The molecule has 0 aromatic heterocycles. The van der Waals surface area contributed by atoms with Gasteiger partial charge in [0.25, 0.3) is 0 Å². The van der Waals surface area contributed by atoms with Gasteiger partial charge in [0.2, 0.25) is 0 Å². The number of likely N-dealkylation sites (N-methyl/N-ethyl adjacent to an activating group) is 1.